The molecular weight excluding hydrogens is 190 g/mol. The molecule has 4 nitrogen and oxygen atoms in total. The topological polar surface area (TPSA) is 68.0 Å². The summed E-state index contributed by atoms with van der Waals surface area (Å²) in [7, 11) is 0. The third-order valence-corrected chi connectivity index (χ3v) is 2.88. The molecule has 0 bridgehead atoms. The second-order valence-corrected chi connectivity index (χ2v) is 4.22. The minimum atomic E-state index is -0.165. The second kappa shape index (κ2) is 3.62. The highest BCUT2D eigenvalue weighted by Gasteiger charge is 2.44. The van der Waals surface area contributed by atoms with Crippen molar-refractivity contribution in [2.75, 3.05) is 5.32 Å². The molecule has 1 fully saturated rings. The third-order valence-electron chi connectivity index (χ3n) is 2.88. The summed E-state index contributed by atoms with van der Waals surface area (Å²) in [6.07, 6.45) is 3.62. The number of pyridine rings is 1. The first-order valence-electron chi connectivity index (χ1n) is 5.11. The number of amides is 1. The van der Waals surface area contributed by atoms with Crippen LogP contribution in [0.1, 0.15) is 25.5 Å². The zero-order valence-corrected chi connectivity index (χ0v) is 8.79. The quantitative estimate of drug-likeness (QED) is 0.781. The van der Waals surface area contributed by atoms with Gasteiger partial charge in [-0.25, -0.2) is 0 Å². The summed E-state index contributed by atoms with van der Waals surface area (Å²) in [6.45, 7) is 2.31. The number of anilines is 1. The maximum Gasteiger partial charge on any atom is 0.230 e. The van der Waals surface area contributed by atoms with Gasteiger partial charge in [0.05, 0.1) is 11.4 Å². The van der Waals surface area contributed by atoms with Crippen LogP contribution >= 0.6 is 0 Å². The van der Waals surface area contributed by atoms with Gasteiger partial charge in [0.2, 0.25) is 5.91 Å². The molecule has 0 radical (unpaired) electrons. The molecule has 1 aromatic rings. The predicted molar refractivity (Wildman–Crippen MR) is 58.1 cm³/mol. The predicted octanol–water partition coefficient (Wildman–Crippen LogP) is 1.28. The van der Waals surface area contributed by atoms with Gasteiger partial charge in [-0.2, -0.15) is 0 Å². The Bertz CT molecular complexity index is 385. The van der Waals surface area contributed by atoms with Crippen LogP contribution < -0.4 is 11.1 Å². The van der Waals surface area contributed by atoms with Crippen LogP contribution in [0.4, 0.5) is 5.69 Å². The lowest BCUT2D eigenvalue weighted by Gasteiger charge is -2.11. The van der Waals surface area contributed by atoms with E-state index in [4.69, 9.17) is 5.73 Å². The van der Waals surface area contributed by atoms with Crippen LogP contribution in [0.3, 0.4) is 0 Å². The smallest absolute Gasteiger partial charge is 0.230 e. The van der Waals surface area contributed by atoms with E-state index in [9.17, 15) is 4.79 Å². The van der Waals surface area contributed by atoms with Gasteiger partial charge in [-0.15, -0.1) is 0 Å². The summed E-state index contributed by atoms with van der Waals surface area (Å²) >= 11 is 0. The van der Waals surface area contributed by atoms with Crippen molar-refractivity contribution in [3.05, 3.63) is 24.0 Å². The molecule has 1 aromatic heterocycles. The molecule has 1 aliphatic rings. The number of aromatic nitrogens is 1. The molecule has 4 heteroatoms. The van der Waals surface area contributed by atoms with E-state index >= 15 is 0 Å². The molecule has 3 N–H and O–H groups in total. The molecular formula is C11H15N3O. The van der Waals surface area contributed by atoms with Gasteiger partial charge < -0.3 is 11.1 Å². The lowest BCUT2D eigenvalue weighted by molar-refractivity contribution is -0.120. The fourth-order valence-corrected chi connectivity index (χ4v) is 1.40. The molecule has 0 saturated heterocycles. The molecule has 1 saturated carbocycles. The maximum absolute atomic E-state index is 11.8. The Morgan fingerprint density at radius 1 is 1.67 bits per heavy atom. The van der Waals surface area contributed by atoms with Crippen LogP contribution in [-0.2, 0) is 11.3 Å². The van der Waals surface area contributed by atoms with Gasteiger partial charge in [0.25, 0.3) is 0 Å². The van der Waals surface area contributed by atoms with Crippen molar-refractivity contribution in [2.45, 2.75) is 26.3 Å². The number of nitrogens with two attached hydrogens (primary N) is 1. The van der Waals surface area contributed by atoms with E-state index in [0.717, 1.165) is 24.2 Å². The van der Waals surface area contributed by atoms with Crippen molar-refractivity contribution in [3.8, 4) is 0 Å². The maximum atomic E-state index is 11.8. The van der Waals surface area contributed by atoms with E-state index in [-0.39, 0.29) is 11.3 Å². The van der Waals surface area contributed by atoms with Gasteiger partial charge in [-0.1, -0.05) is 6.92 Å². The number of nitrogens with one attached hydrogen (secondary N) is 1. The van der Waals surface area contributed by atoms with Gasteiger partial charge in [-0.3, -0.25) is 9.78 Å². The second-order valence-electron chi connectivity index (χ2n) is 4.22. The summed E-state index contributed by atoms with van der Waals surface area (Å²) in [5, 5.41) is 2.88. The Morgan fingerprint density at radius 2 is 2.40 bits per heavy atom. The van der Waals surface area contributed by atoms with Gasteiger partial charge in [0.15, 0.2) is 0 Å². The van der Waals surface area contributed by atoms with Gasteiger partial charge in [0.1, 0.15) is 0 Å². The van der Waals surface area contributed by atoms with Crippen molar-refractivity contribution in [2.24, 2.45) is 11.1 Å². The van der Waals surface area contributed by atoms with Gasteiger partial charge >= 0.3 is 0 Å². The van der Waals surface area contributed by atoms with E-state index in [1.54, 1.807) is 12.3 Å². The Morgan fingerprint density at radius 3 is 3.00 bits per heavy atom. The molecule has 0 atom stereocenters. The minimum Gasteiger partial charge on any atom is -0.325 e. The Balaban J connectivity index is 2.13. The molecule has 0 spiro atoms. The van der Waals surface area contributed by atoms with Gasteiger partial charge in [0, 0.05) is 18.2 Å². The summed E-state index contributed by atoms with van der Waals surface area (Å²) in [4.78, 5) is 15.9. The molecule has 2 rings (SSSR count). The van der Waals surface area contributed by atoms with Crippen LogP contribution in [0.2, 0.25) is 0 Å². The SMILES string of the molecule is CC1(C(=O)Nc2cccnc2CN)CC1. The summed E-state index contributed by atoms with van der Waals surface area (Å²) in [5.74, 6) is 0.0743. The van der Waals surface area contributed by atoms with E-state index in [1.807, 2.05) is 13.0 Å². The van der Waals surface area contributed by atoms with E-state index in [0.29, 0.717) is 6.54 Å². The Labute approximate surface area is 88.9 Å². The van der Waals surface area contributed by atoms with Crippen LogP contribution in [-0.4, -0.2) is 10.9 Å². The largest absolute Gasteiger partial charge is 0.325 e. The normalized spacial score (nSPS) is 17.2. The molecule has 80 valence electrons. The van der Waals surface area contributed by atoms with Crippen molar-refractivity contribution in [1.29, 1.82) is 0 Å². The van der Waals surface area contributed by atoms with Crippen LogP contribution in [0.25, 0.3) is 0 Å². The fourth-order valence-electron chi connectivity index (χ4n) is 1.40. The first-order chi connectivity index (χ1) is 7.15. The standard InChI is InChI=1S/C11H15N3O/c1-11(4-5-11)10(15)14-8-3-2-6-13-9(8)7-12/h2-3,6H,4-5,7,12H2,1H3,(H,14,15). The zero-order chi connectivity index (χ0) is 10.9. The highest BCUT2D eigenvalue weighted by molar-refractivity contribution is 5.97. The Kier molecular flexibility index (Phi) is 2.44. The van der Waals surface area contributed by atoms with E-state index in [1.165, 1.54) is 0 Å². The van der Waals surface area contributed by atoms with Crippen molar-refractivity contribution < 1.29 is 4.79 Å². The molecule has 1 heterocycles. The molecule has 1 amide bonds. The van der Waals surface area contributed by atoms with Crippen molar-refractivity contribution in [1.82, 2.24) is 4.98 Å². The molecule has 15 heavy (non-hydrogen) atoms. The number of hydrogen-bond donors (Lipinski definition) is 2. The average molecular weight is 205 g/mol. The lowest BCUT2D eigenvalue weighted by Crippen LogP contribution is -2.22. The third kappa shape index (κ3) is 1.99. The molecule has 1 aliphatic carbocycles. The highest BCUT2D eigenvalue weighted by atomic mass is 16.2. The number of rotatable bonds is 3. The lowest BCUT2D eigenvalue weighted by atomic mass is 10.1. The number of nitrogens with zero attached hydrogens (tertiary/aromatic N) is 1. The van der Waals surface area contributed by atoms with E-state index in [2.05, 4.69) is 10.3 Å². The van der Waals surface area contributed by atoms with Crippen LogP contribution in [0.15, 0.2) is 18.3 Å². The molecule has 0 aromatic carbocycles. The zero-order valence-electron chi connectivity index (χ0n) is 8.79. The van der Waals surface area contributed by atoms with Crippen molar-refractivity contribution >= 4 is 11.6 Å². The number of hydrogen-bond acceptors (Lipinski definition) is 3. The minimum absolute atomic E-state index is 0.0743. The van der Waals surface area contributed by atoms with Crippen molar-refractivity contribution in [3.63, 3.8) is 0 Å². The van der Waals surface area contributed by atoms with Crippen LogP contribution in [0.5, 0.6) is 0 Å². The first-order valence-corrected chi connectivity index (χ1v) is 5.11. The van der Waals surface area contributed by atoms with Crippen LogP contribution in [0, 0.1) is 5.41 Å². The van der Waals surface area contributed by atoms with E-state index < -0.39 is 0 Å². The summed E-state index contributed by atoms with van der Waals surface area (Å²) in [6, 6.07) is 3.63. The molecule has 0 aliphatic heterocycles. The highest BCUT2D eigenvalue weighted by Crippen LogP contribution is 2.45. The number of carbonyl (C=O) groups excluding carboxylic acids is 1. The van der Waals surface area contributed by atoms with Gasteiger partial charge in [-0.05, 0) is 25.0 Å². The fraction of sp³-hybridized carbons (Fsp3) is 0.455. The summed E-state index contributed by atoms with van der Waals surface area (Å²) in [5.41, 5.74) is 6.84. The average Bonchev–Trinajstić information content (AvgIpc) is 2.99. The summed E-state index contributed by atoms with van der Waals surface area (Å²) < 4.78 is 0. The first kappa shape index (κ1) is 10.1. The Hall–Kier alpha value is -1.42. The molecule has 0 unspecified atom stereocenters. The monoisotopic (exact) mass is 205 g/mol. The number of carbonyl (C=O) groups is 1.